The van der Waals surface area contributed by atoms with Gasteiger partial charge in [-0.2, -0.15) is 18.2 Å². The van der Waals surface area contributed by atoms with Gasteiger partial charge in [0.2, 0.25) is 17.7 Å². The molecular weight excluding hydrogens is 469 g/mol. The Morgan fingerprint density at radius 3 is 2.76 bits per heavy atom. The number of hydrogen-bond acceptors (Lipinski definition) is 8. The molecule has 1 N–H and O–H groups in total. The van der Waals surface area contributed by atoms with Crippen LogP contribution in [0, 0.1) is 5.92 Å². The minimum atomic E-state index is -4.54. The fraction of sp³-hybridized carbons (Fsp3) is 0.571. The Morgan fingerprint density at radius 1 is 1.21 bits per heavy atom. The van der Waals surface area contributed by atoms with Crippen molar-refractivity contribution in [3.8, 4) is 0 Å². The van der Waals surface area contributed by atoms with Gasteiger partial charge in [0.1, 0.15) is 10.6 Å². The van der Waals surface area contributed by atoms with Crippen LogP contribution in [0.15, 0.2) is 6.07 Å². The molecule has 1 fully saturated rings. The molecule has 0 aliphatic carbocycles. The van der Waals surface area contributed by atoms with Crippen molar-refractivity contribution in [3.05, 3.63) is 22.6 Å². The van der Waals surface area contributed by atoms with Gasteiger partial charge in [0, 0.05) is 38.1 Å². The number of thiophene rings is 1. The lowest BCUT2D eigenvalue weighted by Crippen LogP contribution is -2.36. The molecule has 0 aromatic carbocycles. The Hall–Kier alpha value is -2.96. The molecule has 5 rings (SSSR count). The highest BCUT2D eigenvalue weighted by Gasteiger charge is 2.40. The Morgan fingerprint density at radius 2 is 2.03 bits per heavy atom. The molecule has 182 valence electrons. The topological polar surface area (TPSA) is 92.1 Å². The normalized spacial score (nSPS) is 18.6. The van der Waals surface area contributed by atoms with Crippen molar-refractivity contribution in [2.24, 2.45) is 5.92 Å². The fourth-order valence-corrected chi connectivity index (χ4v) is 5.72. The van der Waals surface area contributed by atoms with Crippen LogP contribution in [0.1, 0.15) is 36.3 Å². The van der Waals surface area contributed by atoms with Crippen LogP contribution in [0.3, 0.4) is 0 Å². The van der Waals surface area contributed by atoms with E-state index in [4.69, 9.17) is 9.97 Å². The van der Waals surface area contributed by atoms with Crippen molar-refractivity contribution < 1.29 is 18.0 Å². The van der Waals surface area contributed by atoms with Crippen molar-refractivity contribution in [1.82, 2.24) is 30.0 Å². The van der Waals surface area contributed by atoms with Crippen LogP contribution in [0.2, 0.25) is 0 Å². The number of anilines is 2. The number of nitrogens with one attached hydrogen (secondary N) is 1. The second-order valence-electron chi connectivity index (χ2n) is 8.59. The molecule has 0 bridgehead atoms. The molecule has 1 amide bonds. The van der Waals surface area contributed by atoms with Crippen LogP contribution < -0.4 is 15.1 Å². The van der Waals surface area contributed by atoms with Gasteiger partial charge in [-0.25, -0.2) is 4.98 Å². The number of carbonyl (C=O) groups is 1. The molecule has 1 atom stereocenters. The molecule has 34 heavy (non-hydrogen) atoms. The minimum Gasteiger partial charge on any atom is -0.359 e. The molecule has 1 unspecified atom stereocenters. The summed E-state index contributed by atoms with van der Waals surface area (Å²) in [6.07, 6.45) is -1.91. The lowest BCUT2D eigenvalue weighted by atomic mass is 10.1. The third kappa shape index (κ3) is 4.05. The summed E-state index contributed by atoms with van der Waals surface area (Å²) in [4.78, 5) is 27.8. The van der Waals surface area contributed by atoms with Gasteiger partial charge < -0.3 is 19.7 Å². The van der Waals surface area contributed by atoms with E-state index >= 15 is 0 Å². The highest BCUT2D eigenvalue weighted by atomic mass is 32.1. The summed E-state index contributed by atoms with van der Waals surface area (Å²) in [5, 5.41) is 10.8. The second-order valence-corrected chi connectivity index (χ2v) is 9.70. The number of nitrogens with zero attached hydrogens (tertiary/aromatic N) is 7. The Labute approximate surface area is 198 Å². The Balaban J connectivity index is 1.51. The first kappa shape index (κ1) is 22.8. The van der Waals surface area contributed by atoms with Crippen molar-refractivity contribution in [1.29, 1.82) is 0 Å². The number of aryl methyl sites for hydroxylation is 1. The van der Waals surface area contributed by atoms with E-state index in [2.05, 4.69) is 28.5 Å². The molecule has 1 saturated heterocycles. The highest BCUT2D eigenvalue weighted by molar-refractivity contribution is 7.18. The predicted octanol–water partition coefficient (Wildman–Crippen LogP) is 2.85. The van der Waals surface area contributed by atoms with Gasteiger partial charge in [0.15, 0.2) is 5.82 Å². The number of carbonyl (C=O) groups excluding carboxylic acids is 1. The molecule has 2 aliphatic rings. The number of alkyl halides is 3. The van der Waals surface area contributed by atoms with E-state index in [1.54, 1.807) is 18.4 Å². The molecule has 0 saturated carbocycles. The standard InChI is InChI=1S/C21H25F3N8OS/c1-3-4-13-9-14-16(30-7-8-32-15(11-30)28-29-19(32)21(22,23)24)26-20(27-18(14)34-13)31-6-5-12(10-31)17(33)25-2/h9,12H,3-8,10-11H2,1-2H3,(H,25,33). The van der Waals surface area contributed by atoms with Gasteiger partial charge in [-0.15, -0.1) is 21.5 Å². The maximum Gasteiger partial charge on any atom is 0.451 e. The molecule has 9 nitrogen and oxygen atoms in total. The van der Waals surface area contributed by atoms with Crippen LogP contribution >= 0.6 is 11.3 Å². The second kappa shape index (κ2) is 8.67. The van der Waals surface area contributed by atoms with Gasteiger partial charge in [0.05, 0.1) is 17.8 Å². The predicted molar refractivity (Wildman–Crippen MR) is 122 cm³/mol. The number of halogens is 3. The molecule has 13 heteroatoms. The highest BCUT2D eigenvalue weighted by Crippen LogP contribution is 2.36. The minimum absolute atomic E-state index is 0.000919. The van der Waals surface area contributed by atoms with Crippen molar-refractivity contribution in [2.45, 2.75) is 45.5 Å². The average molecular weight is 495 g/mol. The largest absolute Gasteiger partial charge is 0.451 e. The summed E-state index contributed by atoms with van der Waals surface area (Å²) in [6.45, 7) is 3.95. The zero-order chi connectivity index (χ0) is 24.0. The van der Waals surface area contributed by atoms with Crippen LogP contribution in [0.4, 0.5) is 24.9 Å². The van der Waals surface area contributed by atoms with Gasteiger partial charge in [-0.1, -0.05) is 13.3 Å². The van der Waals surface area contributed by atoms with E-state index in [1.807, 2.05) is 9.80 Å². The first-order valence-electron chi connectivity index (χ1n) is 11.3. The number of fused-ring (bicyclic) bond motifs is 2. The third-order valence-corrected chi connectivity index (χ3v) is 7.39. The molecule has 5 heterocycles. The molecule has 0 spiro atoms. The van der Waals surface area contributed by atoms with E-state index < -0.39 is 12.0 Å². The van der Waals surface area contributed by atoms with E-state index in [9.17, 15) is 18.0 Å². The number of amides is 1. The lowest BCUT2D eigenvalue weighted by Gasteiger charge is -2.30. The lowest BCUT2D eigenvalue weighted by molar-refractivity contribution is -0.147. The molecule has 3 aromatic heterocycles. The summed E-state index contributed by atoms with van der Waals surface area (Å²) in [7, 11) is 1.63. The first-order chi connectivity index (χ1) is 16.3. The molecule has 0 radical (unpaired) electrons. The maximum absolute atomic E-state index is 13.3. The fourth-order valence-electron chi connectivity index (χ4n) is 4.61. The summed E-state index contributed by atoms with van der Waals surface area (Å²) >= 11 is 1.61. The van der Waals surface area contributed by atoms with Crippen molar-refractivity contribution in [2.75, 3.05) is 36.5 Å². The Kier molecular flexibility index (Phi) is 5.82. The van der Waals surface area contributed by atoms with Gasteiger partial charge in [-0.3, -0.25) is 4.79 Å². The summed E-state index contributed by atoms with van der Waals surface area (Å²) < 4.78 is 40.9. The zero-order valence-corrected chi connectivity index (χ0v) is 19.7. The zero-order valence-electron chi connectivity index (χ0n) is 18.9. The van der Waals surface area contributed by atoms with Crippen LogP contribution in [0.25, 0.3) is 10.2 Å². The SMILES string of the molecule is CCCc1cc2c(N3CCn4c(nnc4C(F)(F)F)C3)nc(N3CCC(C(=O)NC)C3)nc2s1. The molecule has 3 aromatic rings. The Bertz CT molecular complexity index is 1220. The van der Waals surface area contributed by atoms with E-state index in [1.165, 1.54) is 4.88 Å². The first-order valence-corrected chi connectivity index (χ1v) is 12.1. The maximum atomic E-state index is 13.3. The van der Waals surface area contributed by atoms with Gasteiger partial charge in [-0.05, 0) is 18.9 Å². The van der Waals surface area contributed by atoms with E-state index in [0.717, 1.165) is 34.0 Å². The van der Waals surface area contributed by atoms with Crippen LogP contribution in [-0.4, -0.2) is 57.3 Å². The quantitative estimate of drug-likeness (QED) is 0.583. The average Bonchev–Trinajstić information content (AvgIpc) is 3.54. The van der Waals surface area contributed by atoms with Crippen molar-refractivity contribution in [3.63, 3.8) is 0 Å². The monoisotopic (exact) mass is 494 g/mol. The number of aromatic nitrogens is 5. The van der Waals surface area contributed by atoms with Crippen LogP contribution in [-0.2, 0) is 30.5 Å². The van der Waals surface area contributed by atoms with Crippen molar-refractivity contribution >= 4 is 39.2 Å². The molecular formula is C21H25F3N8OS. The van der Waals surface area contributed by atoms with Gasteiger partial charge in [0.25, 0.3) is 0 Å². The summed E-state index contributed by atoms with van der Waals surface area (Å²) in [5.74, 6) is 0.402. The molecule has 2 aliphatic heterocycles. The number of hydrogen-bond donors (Lipinski definition) is 1. The summed E-state index contributed by atoms with van der Waals surface area (Å²) in [6, 6.07) is 2.08. The summed E-state index contributed by atoms with van der Waals surface area (Å²) in [5.41, 5.74) is 0. The van der Waals surface area contributed by atoms with E-state index in [0.29, 0.717) is 31.4 Å². The third-order valence-electron chi connectivity index (χ3n) is 6.30. The van der Waals surface area contributed by atoms with Gasteiger partial charge >= 0.3 is 6.18 Å². The number of rotatable bonds is 5. The van der Waals surface area contributed by atoms with Crippen LogP contribution in [0.5, 0.6) is 0 Å². The van der Waals surface area contributed by atoms with E-state index in [-0.39, 0.29) is 30.7 Å². The smallest absolute Gasteiger partial charge is 0.359 e.